The molecule has 0 radical (unpaired) electrons. The van der Waals surface area contributed by atoms with Crippen LogP contribution in [0, 0.1) is 0 Å². The van der Waals surface area contributed by atoms with Crippen molar-refractivity contribution in [3.05, 3.63) is 69.4 Å². The number of carbonyl (C=O) groups excluding carboxylic acids is 1. The van der Waals surface area contributed by atoms with Gasteiger partial charge in [-0.1, -0.05) is 15.9 Å². The van der Waals surface area contributed by atoms with Crippen LogP contribution in [0.3, 0.4) is 0 Å². The van der Waals surface area contributed by atoms with Crippen molar-refractivity contribution in [3.63, 3.8) is 0 Å². The van der Waals surface area contributed by atoms with Crippen molar-refractivity contribution in [2.24, 2.45) is 4.99 Å². The molecule has 1 aromatic carbocycles. The summed E-state index contributed by atoms with van der Waals surface area (Å²) in [5.41, 5.74) is 0.474. The smallest absolute Gasteiger partial charge is 0.343 e. The lowest BCUT2D eigenvalue weighted by Crippen LogP contribution is -2.22. The molecule has 152 valence electrons. The number of furan rings is 1. The summed E-state index contributed by atoms with van der Waals surface area (Å²) >= 11 is 3.26. The molecule has 0 fully saturated rings. The number of nitrogens with zero attached hydrogens (tertiary/aromatic N) is 1. The third-order valence-corrected chi connectivity index (χ3v) is 5.99. The number of ether oxygens (including phenoxy) is 1. The van der Waals surface area contributed by atoms with Crippen molar-refractivity contribution < 1.29 is 27.5 Å². The Morgan fingerprint density at radius 2 is 1.97 bits per heavy atom. The highest BCUT2D eigenvalue weighted by molar-refractivity contribution is 9.10. The maximum absolute atomic E-state index is 12.3. The van der Waals surface area contributed by atoms with E-state index in [9.17, 15) is 18.3 Å². The number of hydrogen-bond acceptors (Lipinski definition) is 7. The lowest BCUT2D eigenvalue weighted by molar-refractivity contribution is -0.135. The highest BCUT2D eigenvalue weighted by atomic mass is 79.9. The van der Waals surface area contributed by atoms with Gasteiger partial charge in [-0.3, -0.25) is 0 Å². The molecule has 2 aromatic rings. The van der Waals surface area contributed by atoms with Gasteiger partial charge >= 0.3 is 5.97 Å². The van der Waals surface area contributed by atoms with Crippen LogP contribution in [0.4, 0.5) is 0 Å². The Morgan fingerprint density at radius 3 is 2.62 bits per heavy atom. The summed E-state index contributed by atoms with van der Waals surface area (Å²) in [6, 6.07) is 9.45. The van der Waals surface area contributed by atoms with Crippen LogP contribution in [-0.2, 0) is 26.1 Å². The number of methoxy groups -OCH3 is 1. The topological polar surface area (TPSA) is 118 Å². The number of aliphatic hydroxyl groups is 1. The summed E-state index contributed by atoms with van der Waals surface area (Å²) in [6.45, 7) is 1.52. The van der Waals surface area contributed by atoms with Crippen molar-refractivity contribution in [1.29, 1.82) is 0 Å². The first kappa shape index (κ1) is 21.0. The van der Waals surface area contributed by atoms with E-state index in [4.69, 9.17) is 4.42 Å². The summed E-state index contributed by atoms with van der Waals surface area (Å²) in [5, 5.41) is 10.2. The molecule has 0 bridgehead atoms. The van der Waals surface area contributed by atoms with E-state index in [2.05, 4.69) is 30.4 Å². The van der Waals surface area contributed by atoms with E-state index in [1.807, 2.05) is 0 Å². The fourth-order valence-corrected chi connectivity index (χ4v) is 3.86. The predicted molar refractivity (Wildman–Crippen MR) is 110 cm³/mol. The molecule has 0 unspecified atom stereocenters. The molecule has 10 heteroatoms. The van der Waals surface area contributed by atoms with E-state index in [0.29, 0.717) is 17.2 Å². The predicted octanol–water partition coefficient (Wildman–Crippen LogP) is 3.32. The SMILES string of the molecule is COC(=O)C1=C(O)/C(=C\c2ccc(CNS(=O)(=O)c3ccc(Br)cc3)o2)N=C1C. The fraction of sp³-hybridized carbons (Fsp3) is 0.158. The van der Waals surface area contributed by atoms with Crippen molar-refractivity contribution in [2.45, 2.75) is 18.4 Å². The van der Waals surface area contributed by atoms with Crippen LogP contribution >= 0.6 is 15.9 Å². The first-order chi connectivity index (χ1) is 13.7. The van der Waals surface area contributed by atoms with Crippen LogP contribution in [0.2, 0.25) is 0 Å². The molecule has 2 N–H and O–H groups in total. The summed E-state index contributed by atoms with van der Waals surface area (Å²) in [4.78, 5) is 16.0. The van der Waals surface area contributed by atoms with Crippen molar-refractivity contribution >= 4 is 43.7 Å². The van der Waals surface area contributed by atoms with Gasteiger partial charge in [0.25, 0.3) is 0 Å². The number of nitrogens with one attached hydrogen (secondary N) is 1. The van der Waals surface area contributed by atoms with E-state index in [-0.39, 0.29) is 28.5 Å². The number of sulfonamides is 1. The number of aliphatic hydroxyl groups excluding tert-OH is 1. The quantitative estimate of drug-likeness (QED) is 0.612. The standard InChI is InChI=1S/C19H17BrN2O6S/c1-11-17(19(24)27-2)18(23)16(22-11)9-13-5-6-14(28-13)10-21-29(25,26)15-7-3-12(20)4-8-15/h3-9,21,23H,10H2,1-2H3/b16-9+. The Bertz CT molecular complexity index is 1140. The van der Waals surface area contributed by atoms with Gasteiger partial charge in [0, 0.05) is 10.5 Å². The van der Waals surface area contributed by atoms with Gasteiger partial charge in [-0.2, -0.15) is 0 Å². The molecule has 0 amide bonds. The Hall–Kier alpha value is -2.69. The second-order valence-electron chi connectivity index (χ2n) is 6.02. The monoisotopic (exact) mass is 480 g/mol. The number of rotatable bonds is 6. The second-order valence-corrected chi connectivity index (χ2v) is 8.71. The van der Waals surface area contributed by atoms with Crippen LogP contribution < -0.4 is 4.72 Å². The Morgan fingerprint density at radius 1 is 1.28 bits per heavy atom. The lowest BCUT2D eigenvalue weighted by atomic mass is 10.1. The molecule has 0 atom stereocenters. The van der Waals surface area contributed by atoms with Gasteiger partial charge in [-0.25, -0.2) is 22.9 Å². The molecule has 29 heavy (non-hydrogen) atoms. The van der Waals surface area contributed by atoms with Gasteiger partial charge in [0.1, 0.15) is 22.8 Å². The number of esters is 1. The van der Waals surface area contributed by atoms with Crippen molar-refractivity contribution in [1.82, 2.24) is 4.72 Å². The molecule has 0 saturated carbocycles. The molecular formula is C19H17BrN2O6S. The van der Waals surface area contributed by atoms with Gasteiger partial charge < -0.3 is 14.3 Å². The first-order valence-corrected chi connectivity index (χ1v) is 10.6. The maximum Gasteiger partial charge on any atom is 0.343 e. The van der Waals surface area contributed by atoms with Crippen LogP contribution in [0.15, 0.2) is 72.2 Å². The van der Waals surface area contributed by atoms with E-state index in [1.165, 1.54) is 25.3 Å². The minimum Gasteiger partial charge on any atom is -0.505 e. The molecule has 0 spiro atoms. The number of halogens is 1. The molecule has 3 rings (SSSR count). The van der Waals surface area contributed by atoms with Gasteiger partial charge in [0.15, 0.2) is 5.76 Å². The van der Waals surface area contributed by atoms with E-state index in [0.717, 1.165) is 4.47 Å². The van der Waals surface area contributed by atoms with Crippen LogP contribution in [-0.4, -0.2) is 32.3 Å². The van der Waals surface area contributed by atoms with E-state index >= 15 is 0 Å². The highest BCUT2D eigenvalue weighted by Crippen LogP contribution is 2.26. The zero-order chi connectivity index (χ0) is 21.2. The minimum atomic E-state index is -3.69. The van der Waals surface area contributed by atoms with Crippen LogP contribution in [0.25, 0.3) is 6.08 Å². The van der Waals surface area contributed by atoms with Crippen molar-refractivity contribution in [2.75, 3.05) is 7.11 Å². The van der Waals surface area contributed by atoms with Crippen molar-refractivity contribution in [3.8, 4) is 0 Å². The normalized spacial score (nSPS) is 15.7. The summed E-state index contributed by atoms with van der Waals surface area (Å²) in [6.07, 6.45) is 1.45. The minimum absolute atomic E-state index is 0.00668. The number of benzene rings is 1. The molecule has 1 aromatic heterocycles. The number of carbonyl (C=O) groups is 1. The zero-order valence-electron chi connectivity index (χ0n) is 15.5. The third-order valence-electron chi connectivity index (χ3n) is 4.04. The average Bonchev–Trinajstić information content (AvgIpc) is 3.24. The molecule has 0 aliphatic carbocycles. The Kier molecular flexibility index (Phi) is 6.06. The molecule has 0 saturated heterocycles. The maximum atomic E-state index is 12.3. The first-order valence-electron chi connectivity index (χ1n) is 8.34. The summed E-state index contributed by atoms with van der Waals surface area (Å²) < 4.78 is 38.1. The summed E-state index contributed by atoms with van der Waals surface area (Å²) in [5.74, 6) is -0.280. The van der Waals surface area contributed by atoms with Gasteiger partial charge in [0.2, 0.25) is 10.0 Å². The number of aliphatic imine (C=N–C) groups is 1. The van der Waals surface area contributed by atoms with Crippen LogP contribution in [0.1, 0.15) is 18.4 Å². The summed E-state index contributed by atoms with van der Waals surface area (Å²) in [7, 11) is -2.48. The van der Waals surface area contributed by atoms with Gasteiger partial charge in [-0.15, -0.1) is 0 Å². The molecular weight excluding hydrogens is 464 g/mol. The highest BCUT2D eigenvalue weighted by Gasteiger charge is 2.27. The lowest BCUT2D eigenvalue weighted by Gasteiger charge is -2.05. The van der Waals surface area contributed by atoms with E-state index in [1.54, 1.807) is 31.2 Å². The zero-order valence-corrected chi connectivity index (χ0v) is 17.9. The molecule has 1 aliphatic heterocycles. The average molecular weight is 481 g/mol. The number of hydrogen-bond donors (Lipinski definition) is 2. The van der Waals surface area contributed by atoms with E-state index < -0.39 is 16.0 Å². The van der Waals surface area contributed by atoms with Gasteiger partial charge in [-0.05, 0) is 43.3 Å². The van der Waals surface area contributed by atoms with Crippen LogP contribution in [0.5, 0.6) is 0 Å². The molecule has 1 aliphatic rings. The fourth-order valence-electron chi connectivity index (χ4n) is 2.60. The Labute approximate surface area is 175 Å². The van der Waals surface area contributed by atoms with Gasteiger partial charge in [0.05, 0.1) is 24.3 Å². The third kappa shape index (κ3) is 4.66. The Balaban J connectivity index is 1.73. The largest absolute Gasteiger partial charge is 0.505 e. The molecule has 8 nitrogen and oxygen atoms in total. The second kappa shape index (κ2) is 8.36. The molecule has 2 heterocycles.